The molecule has 5 N–H and O–H groups in total. The van der Waals surface area contributed by atoms with E-state index in [1.807, 2.05) is 32.1 Å². The molecule has 8 bridgehead atoms. The second-order valence-corrected chi connectivity index (χ2v) is 13.0. The number of nitrogens with zero attached hydrogens (tertiary/aromatic N) is 2. The number of rotatable bonds is 11. The van der Waals surface area contributed by atoms with E-state index < -0.39 is 5.97 Å². The molecule has 0 saturated carbocycles. The predicted octanol–water partition coefficient (Wildman–Crippen LogP) is 5.70. The van der Waals surface area contributed by atoms with Gasteiger partial charge in [-0.3, -0.25) is 19.4 Å². The van der Waals surface area contributed by atoms with E-state index in [1.165, 1.54) is 7.11 Å². The van der Waals surface area contributed by atoms with Crippen molar-refractivity contribution in [3.63, 3.8) is 0 Å². The number of aromatic amines is 2. The first kappa shape index (κ1) is 36.3. The minimum absolute atomic E-state index is 0.0672. The van der Waals surface area contributed by atoms with Gasteiger partial charge < -0.3 is 30.4 Å². The molecule has 0 aromatic carbocycles. The van der Waals surface area contributed by atoms with Gasteiger partial charge in [-0.2, -0.15) is 0 Å². The molecule has 5 heterocycles. The number of esters is 1. The molecule has 0 radical (unpaired) electrons. The van der Waals surface area contributed by atoms with Crippen LogP contribution >= 0.6 is 0 Å². The lowest BCUT2D eigenvalue weighted by atomic mass is 9.84. The SMILES string of the molecule is C=Cc1c(C)c2cc3nc(c(CC(=O)OC)c4nc(cc5[nH]c(cc1[nH]2)c(C)c5CC)C(C)=C4C(=O)NCCCO)C(CCC(=O)NC)C3C. The van der Waals surface area contributed by atoms with Gasteiger partial charge in [-0.25, -0.2) is 4.98 Å². The van der Waals surface area contributed by atoms with Gasteiger partial charge in [-0.15, -0.1) is 0 Å². The highest BCUT2D eigenvalue weighted by molar-refractivity contribution is 6.27. The molecule has 3 aromatic heterocycles. The summed E-state index contributed by atoms with van der Waals surface area (Å²) in [6.07, 6.45) is 3.54. The molecule has 0 aliphatic carbocycles. The zero-order chi connectivity index (χ0) is 36.3. The fourth-order valence-corrected chi connectivity index (χ4v) is 7.11. The Labute approximate surface area is 292 Å². The molecule has 5 rings (SSSR count). The summed E-state index contributed by atoms with van der Waals surface area (Å²) < 4.78 is 5.18. The van der Waals surface area contributed by atoms with E-state index in [2.05, 4.69) is 54.0 Å². The maximum atomic E-state index is 14.0. The molecule has 11 nitrogen and oxygen atoms in total. The van der Waals surface area contributed by atoms with Gasteiger partial charge in [-0.1, -0.05) is 26.5 Å². The molecule has 3 aromatic rings. The fraction of sp³-hybridized carbons (Fsp3) is 0.410. The van der Waals surface area contributed by atoms with E-state index in [-0.39, 0.29) is 49.6 Å². The van der Waals surface area contributed by atoms with Crippen molar-refractivity contribution in [2.45, 2.75) is 78.6 Å². The van der Waals surface area contributed by atoms with Gasteiger partial charge in [0.25, 0.3) is 5.91 Å². The quantitative estimate of drug-likeness (QED) is 0.128. The van der Waals surface area contributed by atoms with E-state index in [1.54, 1.807) is 7.05 Å². The van der Waals surface area contributed by atoms with Crippen molar-refractivity contribution in [2.24, 2.45) is 0 Å². The van der Waals surface area contributed by atoms with Gasteiger partial charge in [0.15, 0.2) is 0 Å². The van der Waals surface area contributed by atoms with Crippen molar-refractivity contribution in [3.05, 3.63) is 75.4 Å². The Balaban J connectivity index is 1.98. The Morgan fingerprint density at radius 1 is 1.02 bits per heavy atom. The van der Waals surface area contributed by atoms with Gasteiger partial charge in [0, 0.05) is 77.3 Å². The third kappa shape index (κ3) is 6.87. The smallest absolute Gasteiger partial charge is 0.310 e. The van der Waals surface area contributed by atoms with E-state index in [4.69, 9.17) is 14.7 Å². The van der Waals surface area contributed by atoms with Crippen LogP contribution in [0.1, 0.15) is 102 Å². The Kier molecular flexibility index (Phi) is 11.1. The first-order valence-electron chi connectivity index (χ1n) is 17.2. The van der Waals surface area contributed by atoms with Gasteiger partial charge in [0.2, 0.25) is 5.91 Å². The third-order valence-electron chi connectivity index (χ3n) is 10.1. The van der Waals surface area contributed by atoms with Crippen LogP contribution in [0.2, 0.25) is 0 Å². The zero-order valence-corrected chi connectivity index (χ0v) is 30.1. The van der Waals surface area contributed by atoms with Crippen LogP contribution < -0.4 is 10.6 Å². The molecule has 0 spiro atoms. The molecule has 2 amide bonds. The molecule has 0 fully saturated rings. The number of aromatic nitrogens is 4. The summed E-state index contributed by atoms with van der Waals surface area (Å²) in [4.78, 5) is 57.2. The number of nitrogens with one attached hydrogen (secondary N) is 4. The number of ether oxygens (including phenoxy) is 1. The number of amides is 2. The van der Waals surface area contributed by atoms with Crippen LogP contribution in [-0.2, 0) is 32.0 Å². The summed E-state index contributed by atoms with van der Waals surface area (Å²) in [6, 6.07) is 6.09. The number of H-pyrrole nitrogens is 2. The lowest BCUT2D eigenvalue weighted by molar-refractivity contribution is -0.139. The number of aryl methyl sites for hydroxylation is 3. The average molecular weight is 681 g/mol. The van der Waals surface area contributed by atoms with Crippen molar-refractivity contribution >= 4 is 57.1 Å². The maximum absolute atomic E-state index is 14.0. The van der Waals surface area contributed by atoms with Gasteiger partial charge in [0.05, 0.1) is 36.2 Å². The largest absolute Gasteiger partial charge is 0.469 e. The molecule has 264 valence electrons. The normalized spacial score (nSPS) is 15.6. The highest BCUT2D eigenvalue weighted by Gasteiger charge is 2.35. The first-order chi connectivity index (χ1) is 24.0. The van der Waals surface area contributed by atoms with Crippen molar-refractivity contribution in [3.8, 4) is 0 Å². The van der Waals surface area contributed by atoms with Gasteiger partial charge in [-0.05, 0) is 80.5 Å². The number of hydrogen-bond acceptors (Lipinski definition) is 7. The third-order valence-corrected chi connectivity index (χ3v) is 10.1. The van der Waals surface area contributed by atoms with Crippen LogP contribution in [0, 0.1) is 13.8 Å². The fourth-order valence-electron chi connectivity index (χ4n) is 7.11. The zero-order valence-electron chi connectivity index (χ0n) is 30.1. The molecular formula is C39H48N6O5. The number of methoxy groups -OCH3 is 1. The Morgan fingerprint density at radius 2 is 1.74 bits per heavy atom. The number of carbonyl (C=O) groups excluding carboxylic acids is 3. The van der Waals surface area contributed by atoms with Crippen molar-refractivity contribution in [1.82, 2.24) is 30.6 Å². The second-order valence-electron chi connectivity index (χ2n) is 13.0. The maximum Gasteiger partial charge on any atom is 0.310 e. The minimum atomic E-state index is -0.501. The van der Waals surface area contributed by atoms with Gasteiger partial charge in [0.1, 0.15) is 0 Å². The van der Waals surface area contributed by atoms with Gasteiger partial charge >= 0.3 is 5.97 Å². The lowest BCUT2D eigenvalue weighted by Gasteiger charge is -2.18. The van der Waals surface area contributed by atoms with Crippen molar-refractivity contribution in [2.75, 3.05) is 27.3 Å². The number of allylic oxidation sites excluding steroid dienone is 1. The lowest BCUT2D eigenvalue weighted by Crippen LogP contribution is -2.26. The topological polar surface area (TPSA) is 162 Å². The second kappa shape index (κ2) is 15.2. The minimum Gasteiger partial charge on any atom is -0.469 e. The van der Waals surface area contributed by atoms with E-state index in [0.717, 1.165) is 56.4 Å². The standard InChI is InChI=1S/C39H48N6O5/c1-9-24-20(3)28-17-30-22(5)26(12-13-34(47)40-7)37(44-30)27(16-35(48)50-8)38-36(39(49)41-14-11-15-46)23(6)31(45-38)19-33-25(10-2)21(4)29(43-33)18-32(24)42-28/h9,17-19,22,26,42-43,46H,1,10-16H2,2-8H3,(H,40,47)(H,41,49). The summed E-state index contributed by atoms with van der Waals surface area (Å²) in [5.41, 5.74) is 11.6. The Morgan fingerprint density at radius 3 is 2.40 bits per heavy atom. The van der Waals surface area contributed by atoms with Crippen LogP contribution in [0.25, 0.3) is 39.3 Å². The summed E-state index contributed by atoms with van der Waals surface area (Å²) in [5.74, 6) is -1.36. The summed E-state index contributed by atoms with van der Waals surface area (Å²) in [7, 11) is 2.94. The van der Waals surface area contributed by atoms with Crippen LogP contribution in [0.15, 0.2) is 24.8 Å². The highest BCUT2D eigenvalue weighted by Crippen LogP contribution is 2.44. The van der Waals surface area contributed by atoms with Crippen molar-refractivity contribution < 1.29 is 24.2 Å². The van der Waals surface area contributed by atoms with E-state index in [0.29, 0.717) is 46.6 Å². The molecule has 2 aliphatic rings. The van der Waals surface area contributed by atoms with E-state index >= 15 is 0 Å². The molecule has 2 aliphatic heterocycles. The van der Waals surface area contributed by atoms with Crippen LogP contribution in [0.5, 0.6) is 0 Å². The number of carbonyl (C=O) groups is 3. The number of hydrogen-bond donors (Lipinski definition) is 5. The number of aliphatic hydroxyl groups excluding tert-OH is 1. The number of fused-ring (bicyclic) bond motifs is 8. The molecule has 0 saturated heterocycles. The summed E-state index contributed by atoms with van der Waals surface area (Å²) >= 11 is 0. The average Bonchev–Trinajstić information content (AvgIpc) is 3.78. The Bertz CT molecular complexity index is 2050. The molecule has 2 atom stereocenters. The van der Waals surface area contributed by atoms with Crippen LogP contribution in [0.4, 0.5) is 0 Å². The molecule has 50 heavy (non-hydrogen) atoms. The first-order valence-corrected chi connectivity index (χ1v) is 17.2. The summed E-state index contributed by atoms with van der Waals surface area (Å²) in [6.45, 7) is 14.5. The van der Waals surface area contributed by atoms with E-state index in [9.17, 15) is 19.5 Å². The Hall–Kier alpha value is -5.03. The van der Waals surface area contributed by atoms with Crippen molar-refractivity contribution in [1.29, 1.82) is 0 Å². The molecular weight excluding hydrogens is 632 g/mol. The number of aliphatic hydroxyl groups is 1. The molecule has 2 unspecified atom stereocenters. The summed E-state index contributed by atoms with van der Waals surface area (Å²) in [5, 5.41) is 15.0. The molecule has 11 heteroatoms. The van der Waals surface area contributed by atoms with Crippen LogP contribution in [0.3, 0.4) is 0 Å². The highest BCUT2D eigenvalue weighted by atomic mass is 16.5. The predicted molar refractivity (Wildman–Crippen MR) is 197 cm³/mol. The van der Waals surface area contributed by atoms with Crippen LogP contribution in [-0.4, -0.2) is 70.1 Å². The monoisotopic (exact) mass is 680 g/mol.